The highest BCUT2D eigenvalue weighted by atomic mass is 35.5. The molecule has 20 heteroatoms. The molecule has 0 bridgehead atoms. The van der Waals surface area contributed by atoms with E-state index in [1.54, 1.807) is 18.2 Å². The van der Waals surface area contributed by atoms with E-state index >= 15 is 0 Å². The van der Waals surface area contributed by atoms with Crippen LogP contribution >= 0.6 is 23.2 Å². The summed E-state index contributed by atoms with van der Waals surface area (Å²) in [6.07, 6.45) is 4.35. The standard InChI is InChI=1S/C32H30ClN3O5S.C31H28ClN3O5S/c1-40-31(37)15-9-4-10-20-41-30-22-29-27(21-28(30)35-42(38,39)26-18-16-24(33)17-19-26)34-32(23-11-5-2-6-12-23)36(29)25-13-7-3-8-14-25;32-23-15-17-25(18-16-23)41(38,39)34-27-20-26-28(21-29(27)40-19-9-3-8-14-30(36)37)35(24-12-6-2-7-13-24)31(33-26)22-10-4-1-5-11-22/h2-3,5-8,11-14,16-19,21-22,35H,4,9-10,15,20H2,1H3;1-2,4-7,10-13,15-18,20-21,34H,3,8-9,14,19H2,(H,36,37). The zero-order valence-electron chi connectivity index (χ0n) is 45.0. The van der Waals surface area contributed by atoms with E-state index in [4.69, 9.17) is 52.5 Å². The highest BCUT2D eigenvalue weighted by Crippen LogP contribution is 2.39. The highest BCUT2D eigenvalue weighted by molar-refractivity contribution is 7.93. The number of carbonyl (C=O) groups is 2. The Bertz CT molecular complexity index is 4060. The number of hydrogen-bond donors (Lipinski definition) is 3. The molecule has 83 heavy (non-hydrogen) atoms. The number of esters is 1. The number of carboxylic acids is 1. The van der Waals surface area contributed by atoms with E-state index in [1.807, 2.05) is 137 Å². The van der Waals surface area contributed by atoms with Gasteiger partial charge in [0.2, 0.25) is 0 Å². The molecule has 0 spiro atoms. The minimum absolute atomic E-state index is 0.0569. The number of anilines is 2. The van der Waals surface area contributed by atoms with Gasteiger partial charge >= 0.3 is 11.9 Å². The van der Waals surface area contributed by atoms with E-state index < -0.39 is 26.0 Å². The molecule has 8 aromatic carbocycles. The molecule has 0 aliphatic heterocycles. The molecule has 10 aromatic rings. The molecule has 0 aliphatic carbocycles. The average Bonchev–Trinajstić information content (AvgIpc) is 4.20. The van der Waals surface area contributed by atoms with Gasteiger partial charge in [-0.15, -0.1) is 0 Å². The number of para-hydroxylation sites is 2. The van der Waals surface area contributed by atoms with Crippen LogP contribution in [0.2, 0.25) is 10.0 Å². The number of fused-ring (bicyclic) bond motifs is 2. The Labute approximate surface area is 491 Å². The molecule has 0 radical (unpaired) electrons. The van der Waals surface area contributed by atoms with Gasteiger partial charge in [-0.1, -0.05) is 120 Å². The summed E-state index contributed by atoms with van der Waals surface area (Å²) in [5.74, 6) is 1.03. The lowest BCUT2D eigenvalue weighted by atomic mass is 10.2. The van der Waals surface area contributed by atoms with Crippen molar-refractivity contribution in [1.82, 2.24) is 19.1 Å². The number of nitrogens with zero attached hydrogens (tertiary/aromatic N) is 4. The molecular weight excluding hydrogens is 1140 g/mol. The summed E-state index contributed by atoms with van der Waals surface area (Å²) in [6, 6.07) is 58.0. The lowest BCUT2D eigenvalue weighted by Gasteiger charge is -2.15. The summed E-state index contributed by atoms with van der Waals surface area (Å²) in [4.78, 5) is 32.2. The second kappa shape index (κ2) is 27.4. The van der Waals surface area contributed by atoms with E-state index in [-0.39, 0.29) is 40.2 Å². The van der Waals surface area contributed by atoms with E-state index in [2.05, 4.69) is 9.44 Å². The van der Waals surface area contributed by atoms with E-state index in [0.717, 1.165) is 40.0 Å². The minimum Gasteiger partial charge on any atom is -0.491 e. The maximum atomic E-state index is 13.3. The number of unbranched alkanes of at least 4 members (excludes halogenated alkanes) is 4. The molecule has 0 aliphatic rings. The number of ether oxygens (including phenoxy) is 3. The van der Waals surface area contributed by atoms with Crippen LogP contribution in [0.3, 0.4) is 0 Å². The molecule has 2 aromatic heterocycles. The molecule has 16 nitrogen and oxygen atoms in total. The quantitative estimate of drug-likeness (QED) is 0.0381. The monoisotopic (exact) mass is 1190 g/mol. The van der Waals surface area contributed by atoms with Crippen LogP contribution in [0.4, 0.5) is 11.4 Å². The Morgan fingerprint density at radius 1 is 0.494 bits per heavy atom. The SMILES string of the molecule is COC(=O)CCCCCOc1cc2c(cc1NS(=O)(=O)c1ccc(Cl)cc1)nc(-c1ccccc1)n2-c1ccccc1.O=C(O)CCCCCOc1cc2c(cc1NS(=O)(=O)c1ccc(Cl)cc1)nc(-c1ccccc1)n2-c1ccccc1. The number of aromatic nitrogens is 4. The summed E-state index contributed by atoms with van der Waals surface area (Å²) in [7, 11) is -6.55. The first-order valence-corrected chi connectivity index (χ1v) is 30.4. The number of imidazole rings is 2. The second-order valence-electron chi connectivity index (χ2n) is 19.0. The van der Waals surface area contributed by atoms with E-state index in [0.29, 0.717) is 89.4 Å². The number of aliphatic carboxylic acids is 1. The topological polar surface area (TPSA) is 210 Å². The Morgan fingerprint density at radius 3 is 1.24 bits per heavy atom. The van der Waals surface area contributed by atoms with E-state index in [9.17, 15) is 26.4 Å². The minimum atomic E-state index is -3.97. The zero-order chi connectivity index (χ0) is 58.3. The van der Waals surface area contributed by atoms with Crippen molar-refractivity contribution in [2.24, 2.45) is 0 Å². The lowest BCUT2D eigenvalue weighted by molar-refractivity contribution is -0.141. The second-order valence-corrected chi connectivity index (χ2v) is 23.3. The number of carbonyl (C=O) groups excluding carboxylic acids is 1. The molecule has 0 unspecified atom stereocenters. The maximum Gasteiger partial charge on any atom is 0.305 e. The van der Waals surface area contributed by atoms with Crippen molar-refractivity contribution in [3.8, 4) is 45.6 Å². The van der Waals surface area contributed by atoms with Crippen LogP contribution in [0, 0.1) is 0 Å². The van der Waals surface area contributed by atoms with Crippen molar-refractivity contribution in [1.29, 1.82) is 0 Å². The number of sulfonamides is 2. The third kappa shape index (κ3) is 15.1. The number of rotatable bonds is 24. The number of hydrogen-bond acceptors (Lipinski definition) is 11. The fourth-order valence-electron chi connectivity index (χ4n) is 9.05. The highest BCUT2D eigenvalue weighted by Gasteiger charge is 2.24. The van der Waals surface area contributed by atoms with Gasteiger partial charge in [-0.2, -0.15) is 0 Å². The van der Waals surface area contributed by atoms with Gasteiger partial charge in [0.25, 0.3) is 20.0 Å². The van der Waals surface area contributed by atoms with Crippen LogP contribution in [0.1, 0.15) is 51.4 Å². The molecule has 10 rings (SSSR count). The van der Waals surface area contributed by atoms with E-state index in [1.165, 1.54) is 55.6 Å². The van der Waals surface area contributed by atoms with Crippen LogP contribution in [-0.4, -0.2) is 73.3 Å². The fourth-order valence-corrected chi connectivity index (χ4v) is 11.4. The Hall–Kier alpha value is -8.68. The van der Waals surface area contributed by atoms with Crippen molar-refractivity contribution >= 4 is 88.6 Å². The summed E-state index contributed by atoms with van der Waals surface area (Å²) in [6.45, 7) is 0.610. The van der Waals surface area contributed by atoms with Crippen molar-refractivity contribution in [2.75, 3.05) is 29.8 Å². The molecule has 426 valence electrons. The molecule has 0 saturated heterocycles. The number of methoxy groups -OCH3 is 1. The fraction of sp³-hybridized carbons (Fsp3) is 0.175. The first-order chi connectivity index (χ1) is 40.2. The van der Waals surface area contributed by atoms with Gasteiger partial charge < -0.3 is 19.3 Å². The van der Waals surface area contributed by atoms with Gasteiger partial charge in [-0.3, -0.25) is 28.2 Å². The number of benzene rings is 8. The first kappa shape index (κ1) is 59.0. The smallest absolute Gasteiger partial charge is 0.305 e. The lowest BCUT2D eigenvalue weighted by Crippen LogP contribution is -2.14. The Balaban J connectivity index is 0.000000200. The normalized spacial score (nSPS) is 11.4. The third-order valence-corrected chi connectivity index (χ3v) is 16.4. The van der Waals surface area contributed by atoms with Crippen molar-refractivity contribution in [3.63, 3.8) is 0 Å². The molecule has 2 heterocycles. The Morgan fingerprint density at radius 2 is 0.867 bits per heavy atom. The van der Waals surface area contributed by atoms with Crippen LogP contribution in [0.25, 0.3) is 56.2 Å². The summed E-state index contributed by atoms with van der Waals surface area (Å²) in [5, 5.41) is 9.76. The van der Waals surface area contributed by atoms with Crippen LogP contribution in [0.15, 0.2) is 204 Å². The largest absolute Gasteiger partial charge is 0.491 e. The average molecular weight is 1190 g/mol. The van der Waals surface area contributed by atoms with Gasteiger partial charge in [0.15, 0.2) is 0 Å². The van der Waals surface area contributed by atoms with Gasteiger partial charge in [-0.05, 0) is 123 Å². The van der Waals surface area contributed by atoms with Crippen LogP contribution in [0.5, 0.6) is 11.5 Å². The number of nitrogens with one attached hydrogen (secondary N) is 2. The van der Waals surface area contributed by atoms with Crippen LogP contribution in [-0.2, 0) is 34.4 Å². The predicted octanol–water partition coefficient (Wildman–Crippen LogP) is 14.4. The van der Waals surface area contributed by atoms with Gasteiger partial charge in [0.05, 0.1) is 63.6 Å². The molecule has 0 fully saturated rings. The predicted molar refractivity (Wildman–Crippen MR) is 325 cm³/mol. The van der Waals surface area contributed by atoms with Gasteiger partial charge in [0.1, 0.15) is 23.1 Å². The summed E-state index contributed by atoms with van der Waals surface area (Å²) >= 11 is 11.9. The summed E-state index contributed by atoms with van der Waals surface area (Å²) in [5.41, 5.74) is 6.79. The molecular formula is C63H58Cl2N6O10S2. The molecule has 0 amide bonds. The maximum absolute atomic E-state index is 13.3. The van der Waals surface area contributed by atoms with Gasteiger partial charge in [-0.25, -0.2) is 26.8 Å². The van der Waals surface area contributed by atoms with Crippen LogP contribution < -0.4 is 18.9 Å². The van der Waals surface area contributed by atoms with Crippen molar-refractivity contribution in [3.05, 3.63) is 204 Å². The first-order valence-electron chi connectivity index (χ1n) is 26.6. The molecule has 0 saturated carbocycles. The van der Waals surface area contributed by atoms with Gasteiger partial charge in [0, 0.05) is 57.5 Å². The molecule has 0 atom stereocenters. The zero-order valence-corrected chi connectivity index (χ0v) is 48.2. The number of halogens is 2. The third-order valence-electron chi connectivity index (χ3n) is 13.1. The molecule has 3 N–H and O–H groups in total. The van der Waals surface area contributed by atoms with Crippen molar-refractivity contribution < 1.29 is 45.7 Å². The number of carboxylic acid groups (broad SMARTS) is 1. The van der Waals surface area contributed by atoms with Crippen molar-refractivity contribution in [2.45, 2.75) is 61.2 Å². The summed E-state index contributed by atoms with van der Waals surface area (Å²) < 4.78 is 79.7. The Kier molecular flexibility index (Phi) is 19.5.